The molecule has 0 aliphatic carbocycles. The minimum Gasteiger partial charge on any atom is -0.465 e. The summed E-state index contributed by atoms with van der Waals surface area (Å²) in [6.45, 7) is 10.5. The van der Waals surface area contributed by atoms with Crippen molar-refractivity contribution in [3.05, 3.63) is 0 Å². The van der Waals surface area contributed by atoms with E-state index in [0.717, 1.165) is 19.5 Å². The van der Waals surface area contributed by atoms with Gasteiger partial charge in [-0.1, -0.05) is 19.8 Å². The number of carbonyl (C=O) groups excluding carboxylic acids is 1. The Morgan fingerprint density at radius 1 is 1.12 bits per heavy atom. The molecule has 0 atom stereocenters. The first kappa shape index (κ1) is 16.4. The highest BCUT2D eigenvalue weighted by molar-refractivity contribution is 5.75. The van der Waals surface area contributed by atoms with Crippen LogP contribution in [0.15, 0.2) is 0 Å². The van der Waals surface area contributed by atoms with Crippen LogP contribution in [0.1, 0.15) is 53.4 Å². The van der Waals surface area contributed by atoms with E-state index in [9.17, 15) is 4.79 Å². The van der Waals surface area contributed by atoms with Crippen LogP contribution in [0.4, 0.5) is 0 Å². The lowest BCUT2D eigenvalue weighted by molar-refractivity contribution is -0.153. The van der Waals surface area contributed by atoms with Gasteiger partial charge in [0.1, 0.15) is 0 Å². The van der Waals surface area contributed by atoms with E-state index >= 15 is 0 Å². The van der Waals surface area contributed by atoms with Crippen molar-refractivity contribution in [1.82, 2.24) is 4.90 Å². The van der Waals surface area contributed by atoms with Crippen molar-refractivity contribution in [3.63, 3.8) is 0 Å². The van der Waals surface area contributed by atoms with Gasteiger partial charge in [0.25, 0.3) is 0 Å². The molecular weight excluding hydrogens is 214 g/mol. The second-order valence-corrected chi connectivity index (χ2v) is 5.75. The van der Waals surface area contributed by atoms with Gasteiger partial charge < -0.3 is 9.64 Å². The Morgan fingerprint density at radius 2 is 1.71 bits per heavy atom. The third-order valence-electron chi connectivity index (χ3n) is 2.67. The van der Waals surface area contributed by atoms with Gasteiger partial charge in [-0.25, -0.2) is 0 Å². The molecule has 0 aliphatic heterocycles. The van der Waals surface area contributed by atoms with Crippen molar-refractivity contribution in [1.29, 1.82) is 0 Å². The van der Waals surface area contributed by atoms with Crippen LogP contribution in [0, 0.1) is 5.41 Å². The summed E-state index contributed by atoms with van der Waals surface area (Å²) in [4.78, 5) is 13.8. The summed E-state index contributed by atoms with van der Waals surface area (Å²) in [5.41, 5.74) is -0.382. The first-order valence-electron chi connectivity index (χ1n) is 6.73. The highest BCUT2D eigenvalue weighted by Crippen LogP contribution is 2.15. The van der Waals surface area contributed by atoms with E-state index in [1.807, 2.05) is 20.8 Å². The van der Waals surface area contributed by atoms with E-state index in [2.05, 4.69) is 18.9 Å². The molecule has 0 N–H and O–H groups in total. The summed E-state index contributed by atoms with van der Waals surface area (Å²) in [6, 6.07) is 0. The molecule has 0 aromatic rings. The van der Waals surface area contributed by atoms with E-state index < -0.39 is 0 Å². The van der Waals surface area contributed by atoms with Crippen LogP contribution in [-0.2, 0) is 9.53 Å². The molecule has 3 heteroatoms. The second kappa shape index (κ2) is 8.51. The predicted molar refractivity (Wildman–Crippen MR) is 72.1 cm³/mol. The number of carbonyl (C=O) groups is 1. The number of nitrogens with zero attached hydrogens (tertiary/aromatic N) is 1. The van der Waals surface area contributed by atoms with Gasteiger partial charge in [0.15, 0.2) is 0 Å². The van der Waals surface area contributed by atoms with Gasteiger partial charge in [-0.3, -0.25) is 4.79 Å². The minimum atomic E-state index is -0.382. The molecule has 0 spiro atoms. The summed E-state index contributed by atoms with van der Waals surface area (Å²) < 4.78 is 5.22. The van der Waals surface area contributed by atoms with Crippen molar-refractivity contribution in [2.75, 3.05) is 26.7 Å². The van der Waals surface area contributed by atoms with Crippen LogP contribution in [0.2, 0.25) is 0 Å². The van der Waals surface area contributed by atoms with E-state index in [0.29, 0.717) is 6.61 Å². The van der Waals surface area contributed by atoms with Crippen LogP contribution >= 0.6 is 0 Å². The molecular formula is C14H29NO2. The molecule has 17 heavy (non-hydrogen) atoms. The van der Waals surface area contributed by atoms with Crippen molar-refractivity contribution in [2.45, 2.75) is 53.4 Å². The van der Waals surface area contributed by atoms with Crippen LogP contribution in [-0.4, -0.2) is 37.6 Å². The lowest BCUT2D eigenvalue weighted by atomic mass is 9.97. The molecule has 3 nitrogen and oxygen atoms in total. The normalized spacial score (nSPS) is 11.9. The van der Waals surface area contributed by atoms with E-state index in [1.165, 1.54) is 19.3 Å². The van der Waals surface area contributed by atoms with Crippen LogP contribution in [0.25, 0.3) is 0 Å². The van der Waals surface area contributed by atoms with Gasteiger partial charge in [-0.15, -0.1) is 0 Å². The van der Waals surface area contributed by atoms with Crippen molar-refractivity contribution < 1.29 is 9.53 Å². The Labute approximate surface area is 107 Å². The van der Waals surface area contributed by atoms with E-state index in [-0.39, 0.29) is 11.4 Å². The highest BCUT2D eigenvalue weighted by Gasteiger charge is 2.22. The van der Waals surface area contributed by atoms with Gasteiger partial charge in [0.2, 0.25) is 0 Å². The Balaban J connectivity index is 3.48. The first-order chi connectivity index (χ1) is 7.88. The fourth-order valence-corrected chi connectivity index (χ4v) is 1.46. The summed E-state index contributed by atoms with van der Waals surface area (Å²) in [5.74, 6) is -0.105. The molecule has 0 saturated carbocycles. The highest BCUT2D eigenvalue weighted by atomic mass is 16.5. The van der Waals surface area contributed by atoms with Gasteiger partial charge in [-0.05, 0) is 47.2 Å². The Kier molecular flexibility index (Phi) is 8.23. The van der Waals surface area contributed by atoms with Crippen molar-refractivity contribution in [2.24, 2.45) is 5.41 Å². The molecule has 0 aromatic carbocycles. The quantitative estimate of drug-likeness (QED) is 0.484. The minimum absolute atomic E-state index is 0.105. The zero-order valence-electron chi connectivity index (χ0n) is 12.2. The molecule has 0 radical (unpaired) electrons. The maximum absolute atomic E-state index is 11.5. The van der Waals surface area contributed by atoms with E-state index in [1.54, 1.807) is 0 Å². The zero-order valence-corrected chi connectivity index (χ0v) is 12.2. The fourth-order valence-electron chi connectivity index (χ4n) is 1.46. The number of unbranched alkanes of at least 4 members (excludes halogenated alkanes) is 2. The average Bonchev–Trinajstić information content (AvgIpc) is 2.23. The first-order valence-corrected chi connectivity index (χ1v) is 6.73. The third kappa shape index (κ3) is 9.16. The molecule has 0 aliphatic rings. The zero-order chi connectivity index (χ0) is 13.3. The van der Waals surface area contributed by atoms with Gasteiger partial charge in [-0.2, -0.15) is 0 Å². The number of rotatable bonds is 8. The largest absolute Gasteiger partial charge is 0.465 e. The molecule has 0 unspecified atom stereocenters. The van der Waals surface area contributed by atoms with Crippen molar-refractivity contribution in [3.8, 4) is 0 Å². The lowest BCUT2D eigenvalue weighted by Crippen LogP contribution is -2.26. The molecule has 0 fully saturated rings. The Hall–Kier alpha value is -0.570. The predicted octanol–water partition coefficient (Wildman–Crippen LogP) is 3.09. The van der Waals surface area contributed by atoms with Crippen LogP contribution < -0.4 is 0 Å². The van der Waals surface area contributed by atoms with Crippen molar-refractivity contribution >= 4 is 5.97 Å². The van der Waals surface area contributed by atoms with E-state index in [4.69, 9.17) is 4.74 Å². The standard InChI is InChI=1S/C14H29NO2/c1-6-7-8-10-15(5)11-9-12-17-13(16)14(2,3)4/h6-12H2,1-5H3. The summed E-state index contributed by atoms with van der Waals surface area (Å²) in [6.07, 6.45) is 4.74. The maximum Gasteiger partial charge on any atom is 0.311 e. The molecule has 0 aromatic heterocycles. The molecule has 0 bridgehead atoms. The second-order valence-electron chi connectivity index (χ2n) is 5.75. The molecule has 0 saturated heterocycles. The third-order valence-corrected chi connectivity index (χ3v) is 2.67. The fraction of sp³-hybridized carbons (Fsp3) is 0.929. The SMILES string of the molecule is CCCCCN(C)CCCOC(=O)C(C)(C)C. The molecule has 0 amide bonds. The summed E-state index contributed by atoms with van der Waals surface area (Å²) in [7, 11) is 2.13. The van der Waals surface area contributed by atoms with Crippen LogP contribution in [0.5, 0.6) is 0 Å². The monoisotopic (exact) mass is 243 g/mol. The topological polar surface area (TPSA) is 29.5 Å². The molecule has 102 valence electrons. The molecule has 0 rings (SSSR count). The summed E-state index contributed by atoms with van der Waals surface area (Å²) in [5, 5.41) is 0. The van der Waals surface area contributed by atoms with Gasteiger partial charge >= 0.3 is 5.97 Å². The maximum atomic E-state index is 11.5. The number of esters is 1. The Morgan fingerprint density at radius 3 is 2.24 bits per heavy atom. The van der Waals surface area contributed by atoms with Gasteiger partial charge in [0, 0.05) is 6.54 Å². The molecule has 0 heterocycles. The number of hydrogen-bond acceptors (Lipinski definition) is 3. The number of ether oxygens (including phenoxy) is 1. The average molecular weight is 243 g/mol. The lowest BCUT2D eigenvalue weighted by Gasteiger charge is -2.18. The smallest absolute Gasteiger partial charge is 0.311 e. The Bertz CT molecular complexity index is 209. The van der Waals surface area contributed by atoms with Gasteiger partial charge in [0.05, 0.1) is 12.0 Å². The number of hydrogen-bond donors (Lipinski definition) is 0. The van der Waals surface area contributed by atoms with Crippen LogP contribution in [0.3, 0.4) is 0 Å². The summed E-state index contributed by atoms with van der Waals surface area (Å²) >= 11 is 0.